The topological polar surface area (TPSA) is 38.7 Å². The fourth-order valence-electron chi connectivity index (χ4n) is 1.69. The quantitative estimate of drug-likeness (QED) is 0.441. The van der Waals surface area contributed by atoms with Crippen molar-refractivity contribution in [2.24, 2.45) is 4.99 Å². The fraction of sp³-hybridized carbons (Fsp3) is 0.133. The third-order valence-corrected chi connectivity index (χ3v) is 3.48. The van der Waals surface area contributed by atoms with Crippen LogP contribution >= 0.6 is 11.8 Å². The number of carbonyl (C=O) groups excluding carboxylic acids is 1. The number of rotatable bonds is 4. The van der Waals surface area contributed by atoms with E-state index in [4.69, 9.17) is 4.74 Å². The van der Waals surface area contributed by atoms with E-state index in [0.717, 1.165) is 23.1 Å². The van der Waals surface area contributed by atoms with Crippen LogP contribution in [0.2, 0.25) is 0 Å². The number of nitrogens with zero attached hydrogens (tertiary/aromatic N) is 1. The largest absolute Gasteiger partial charge is 0.455 e. The zero-order valence-electron chi connectivity index (χ0n) is 11.3. The van der Waals surface area contributed by atoms with E-state index in [0.29, 0.717) is 5.75 Å². The summed E-state index contributed by atoms with van der Waals surface area (Å²) in [6.07, 6.45) is -1.37. The fourth-order valence-corrected chi connectivity index (χ4v) is 2.10. The molecule has 0 fully saturated rings. The zero-order valence-corrected chi connectivity index (χ0v) is 12.2. The van der Waals surface area contributed by atoms with Crippen LogP contribution in [-0.4, -0.2) is 12.3 Å². The van der Waals surface area contributed by atoms with Crippen molar-refractivity contribution in [3.05, 3.63) is 48.0 Å². The molecule has 0 spiro atoms. The Kier molecular flexibility index (Phi) is 4.90. The molecule has 0 aromatic heterocycles. The van der Waals surface area contributed by atoms with E-state index in [-0.39, 0.29) is 11.4 Å². The molecule has 0 saturated carbocycles. The molecule has 0 atom stereocenters. The Balaban J connectivity index is 2.35. The number of benzene rings is 2. The van der Waals surface area contributed by atoms with Gasteiger partial charge in [0.25, 0.3) is 0 Å². The number of thioether (sulfide) groups is 1. The van der Waals surface area contributed by atoms with Crippen LogP contribution in [0.4, 0.5) is 18.9 Å². The molecular weight excluding hydrogens is 315 g/mol. The highest BCUT2D eigenvalue weighted by Gasteiger charge is 2.31. The number of hydrogen-bond donors (Lipinski definition) is 0. The molecule has 0 amide bonds. The second kappa shape index (κ2) is 6.68. The van der Waals surface area contributed by atoms with Crippen LogP contribution in [0, 0.1) is 0 Å². The number of ether oxygens (including phenoxy) is 1. The van der Waals surface area contributed by atoms with Crippen molar-refractivity contribution >= 4 is 23.5 Å². The summed E-state index contributed by atoms with van der Waals surface area (Å²) >= 11 is 1.55. The molecule has 0 unspecified atom stereocenters. The predicted molar refractivity (Wildman–Crippen MR) is 77.5 cm³/mol. The van der Waals surface area contributed by atoms with E-state index in [2.05, 4.69) is 4.99 Å². The third-order valence-electron chi connectivity index (χ3n) is 2.74. The van der Waals surface area contributed by atoms with Gasteiger partial charge in [-0.05, 0) is 48.7 Å². The number of isocyanates is 1. The van der Waals surface area contributed by atoms with E-state index >= 15 is 0 Å². The molecule has 7 heteroatoms. The van der Waals surface area contributed by atoms with Gasteiger partial charge >= 0.3 is 6.18 Å². The molecule has 0 radical (unpaired) electrons. The van der Waals surface area contributed by atoms with Crippen LogP contribution in [0.25, 0.3) is 0 Å². The Morgan fingerprint density at radius 3 is 2.36 bits per heavy atom. The summed E-state index contributed by atoms with van der Waals surface area (Å²) < 4.78 is 43.5. The van der Waals surface area contributed by atoms with E-state index in [1.54, 1.807) is 23.9 Å². The van der Waals surface area contributed by atoms with Gasteiger partial charge in [0.1, 0.15) is 11.4 Å². The average Bonchev–Trinajstić information content (AvgIpc) is 2.49. The SMILES string of the molecule is CSc1ccc(Oc2ccc(C(F)(F)F)cc2N=C=O)cc1. The highest BCUT2D eigenvalue weighted by Crippen LogP contribution is 2.38. The zero-order chi connectivity index (χ0) is 16.2. The minimum Gasteiger partial charge on any atom is -0.455 e. The molecule has 0 heterocycles. The highest BCUT2D eigenvalue weighted by atomic mass is 32.2. The lowest BCUT2D eigenvalue weighted by atomic mass is 10.2. The van der Waals surface area contributed by atoms with Crippen LogP contribution in [-0.2, 0) is 11.0 Å². The smallest absolute Gasteiger partial charge is 0.416 e. The lowest BCUT2D eigenvalue weighted by Crippen LogP contribution is -2.04. The first kappa shape index (κ1) is 16.1. The van der Waals surface area contributed by atoms with E-state index in [9.17, 15) is 18.0 Å². The molecule has 22 heavy (non-hydrogen) atoms. The van der Waals surface area contributed by atoms with E-state index in [1.165, 1.54) is 6.08 Å². The summed E-state index contributed by atoms with van der Waals surface area (Å²) in [6, 6.07) is 9.72. The van der Waals surface area contributed by atoms with Gasteiger partial charge < -0.3 is 4.74 Å². The summed E-state index contributed by atoms with van der Waals surface area (Å²) in [5.41, 5.74) is -1.13. The van der Waals surface area contributed by atoms with E-state index in [1.807, 2.05) is 18.4 Å². The van der Waals surface area contributed by atoms with E-state index < -0.39 is 11.7 Å². The predicted octanol–water partition coefficient (Wildman–Crippen LogP) is 5.19. The van der Waals surface area contributed by atoms with Gasteiger partial charge in [-0.25, -0.2) is 4.79 Å². The summed E-state index contributed by atoms with van der Waals surface area (Å²) in [5.74, 6) is 0.480. The Morgan fingerprint density at radius 2 is 1.82 bits per heavy atom. The molecule has 2 rings (SSSR count). The maximum absolute atomic E-state index is 12.7. The van der Waals surface area contributed by atoms with Gasteiger partial charge in [-0.1, -0.05) is 0 Å². The maximum Gasteiger partial charge on any atom is 0.416 e. The second-order valence-corrected chi connectivity index (χ2v) is 5.04. The molecule has 0 bridgehead atoms. The third kappa shape index (κ3) is 3.90. The standard InChI is InChI=1S/C15H10F3NO2S/c1-22-12-5-3-11(4-6-12)21-14-7-2-10(15(16,17)18)8-13(14)19-9-20/h2-8H,1H3. The van der Waals surface area contributed by atoms with Gasteiger partial charge in [-0.2, -0.15) is 18.2 Å². The number of halogens is 3. The first-order valence-electron chi connectivity index (χ1n) is 6.05. The summed E-state index contributed by atoms with van der Waals surface area (Å²) in [6.45, 7) is 0. The van der Waals surface area contributed by atoms with Crippen LogP contribution < -0.4 is 4.74 Å². The van der Waals surface area contributed by atoms with Gasteiger partial charge in [-0.3, -0.25) is 0 Å². The molecule has 0 N–H and O–H groups in total. The van der Waals surface area contributed by atoms with Gasteiger partial charge in [0.15, 0.2) is 5.75 Å². The number of alkyl halides is 3. The first-order valence-corrected chi connectivity index (χ1v) is 7.27. The van der Waals surface area contributed by atoms with Crippen LogP contribution in [0.5, 0.6) is 11.5 Å². The Bertz CT molecular complexity index is 708. The van der Waals surface area contributed by atoms with Gasteiger partial charge in [0, 0.05) is 4.90 Å². The second-order valence-electron chi connectivity index (χ2n) is 4.16. The van der Waals surface area contributed by atoms with Crippen molar-refractivity contribution in [3.63, 3.8) is 0 Å². The Morgan fingerprint density at radius 1 is 1.14 bits per heavy atom. The molecular formula is C15H10F3NO2S. The maximum atomic E-state index is 12.7. The average molecular weight is 325 g/mol. The minimum atomic E-state index is -4.52. The monoisotopic (exact) mass is 325 g/mol. The normalized spacial score (nSPS) is 10.9. The summed E-state index contributed by atoms with van der Waals surface area (Å²) in [7, 11) is 0. The molecule has 0 saturated heterocycles. The molecule has 2 aromatic rings. The van der Waals surface area contributed by atoms with Crippen molar-refractivity contribution in [2.75, 3.05) is 6.26 Å². The number of hydrogen-bond acceptors (Lipinski definition) is 4. The van der Waals surface area contributed by atoms with Gasteiger partial charge in [0.05, 0.1) is 5.56 Å². The molecule has 2 aromatic carbocycles. The summed E-state index contributed by atoms with van der Waals surface area (Å²) in [5, 5.41) is 0. The first-order chi connectivity index (χ1) is 10.4. The molecule has 0 aliphatic rings. The van der Waals surface area contributed by atoms with Crippen LogP contribution in [0.15, 0.2) is 52.4 Å². The van der Waals surface area contributed by atoms with Crippen LogP contribution in [0.1, 0.15) is 5.56 Å². The Hall–Kier alpha value is -2.24. The van der Waals surface area contributed by atoms with Gasteiger partial charge in [0.2, 0.25) is 6.08 Å². The van der Waals surface area contributed by atoms with Crippen molar-refractivity contribution in [2.45, 2.75) is 11.1 Å². The Labute approximate surface area is 128 Å². The molecule has 114 valence electrons. The lowest BCUT2D eigenvalue weighted by molar-refractivity contribution is -0.137. The van der Waals surface area contributed by atoms with Crippen molar-refractivity contribution in [1.29, 1.82) is 0 Å². The van der Waals surface area contributed by atoms with Crippen molar-refractivity contribution in [1.82, 2.24) is 0 Å². The van der Waals surface area contributed by atoms with Crippen LogP contribution in [0.3, 0.4) is 0 Å². The van der Waals surface area contributed by atoms with Gasteiger partial charge in [-0.15, -0.1) is 11.8 Å². The summed E-state index contributed by atoms with van der Waals surface area (Å²) in [4.78, 5) is 14.7. The lowest BCUT2D eigenvalue weighted by Gasteiger charge is -2.11. The van der Waals surface area contributed by atoms with Crippen molar-refractivity contribution in [3.8, 4) is 11.5 Å². The van der Waals surface area contributed by atoms with Crippen molar-refractivity contribution < 1.29 is 22.7 Å². The molecule has 0 aliphatic carbocycles. The molecule has 0 aliphatic heterocycles. The minimum absolute atomic E-state index is 0.0493. The molecule has 3 nitrogen and oxygen atoms in total. The number of aliphatic imine (C=N–C) groups is 1. The highest BCUT2D eigenvalue weighted by molar-refractivity contribution is 7.98.